The molecule has 0 radical (unpaired) electrons. The second kappa shape index (κ2) is 7.76. The molecule has 0 aromatic heterocycles. The van der Waals surface area contributed by atoms with Crippen molar-refractivity contribution in [3.8, 4) is 0 Å². The number of halogens is 2. The van der Waals surface area contributed by atoms with Crippen molar-refractivity contribution < 1.29 is 19.5 Å². The van der Waals surface area contributed by atoms with E-state index >= 15 is 0 Å². The molecule has 1 heterocycles. The Bertz CT molecular complexity index is 764. The minimum absolute atomic E-state index is 0.0166. The van der Waals surface area contributed by atoms with Crippen molar-refractivity contribution in [3.63, 3.8) is 0 Å². The number of aliphatic hydroxyl groups is 1. The lowest BCUT2D eigenvalue weighted by Gasteiger charge is -2.19. The minimum Gasteiger partial charge on any atom is -0.503 e. The Morgan fingerprint density at radius 1 is 1.32 bits per heavy atom. The smallest absolute Gasteiger partial charge is 0.289 e. The molecular weight excluding hydrogens is 369 g/mol. The predicted molar refractivity (Wildman–Crippen MR) is 93.0 cm³/mol. The first-order chi connectivity index (χ1) is 11.7. The number of nitrogens with two attached hydrogens (primary N) is 1. The number of nitrogens with zero attached hydrogens (tertiary/aromatic N) is 2. The molecule has 7 nitrogen and oxygen atoms in total. The molecule has 25 heavy (non-hydrogen) atoms. The van der Waals surface area contributed by atoms with Crippen molar-refractivity contribution in [1.29, 1.82) is 0 Å². The minimum atomic E-state index is -0.687. The molecule has 2 rings (SSSR count). The number of hydrogen-bond acceptors (Lipinski definition) is 4. The van der Waals surface area contributed by atoms with Gasteiger partial charge >= 0.3 is 0 Å². The summed E-state index contributed by atoms with van der Waals surface area (Å²) in [5, 5.41) is 10.7. The molecule has 0 spiro atoms. The Kier molecular flexibility index (Phi) is 5.92. The van der Waals surface area contributed by atoms with Crippen LogP contribution in [-0.4, -0.2) is 52.8 Å². The molecule has 0 saturated heterocycles. The molecule has 1 aromatic rings. The van der Waals surface area contributed by atoms with Gasteiger partial charge in [0.15, 0.2) is 5.76 Å². The Labute approximate surface area is 154 Å². The largest absolute Gasteiger partial charge is 0.503 e. The average molecular weight is 386 g/mol. The topological polar surface area (TPSA) is 104 Å². The standard InChI is InChI=1S/C16H17Cl2N3O4/c1-20(7-9-2-3-11(17)12(18)6-9)15(24)10-8-21(5-4-13(19)22)16(25)14(10)23/h2-3,6,23H,4-5,7-8H2,1H3,(H2,19,22). The van der Waals surface area contributed by atoms with Crippen LogP contribution in [0, 0.1) is 0 Å². The lowest BCUT2D eigenvalue weighted by atomic mass is 10.2. The molecule has 1 aromatic carbocycles. The molecule has 0 atom stereocenters. The monoisotopic (exact) mass is 385 g/mol. The summed E-state index contributed by atoms with van der Waals surface area (Å²) in [5.41, 5.74) is 5.79. The number of primary amides is 1. The van der Waals surface area contributed by atoms with E-state index in [1.807, 2.05) is 0 Å². The Morgan fingerprint density at radius 2 is 2.00 bits per heavy atom. The van der Waals surface area contributed by atoms with Crippen LogP contribution < -0.4 is 5.73 Å². The van der Waals surface area contributed by atoms with Gasteiger partial charge < -0.3 is 20.6 Å². The Morgan fingerprint density at radius 3 is 2.60 bits per heavy atom. The number of carbonyl (C=O) groups excluding carboxylic acids is 3. The first-order valence-electron chi connectivity index (χ1n) is 7.39. The molecule has 9 heteroatoms. The van der Waals surface area contributed by atoms with Crippen LogP contribution in [0.25, 0.3) is 0 Å². The van der Waals surface area contributed by atoms with Crippen LogP contribution in [0.2, 0.25) is 10.0 Å². The quantitative estimate of drug-likeness (QED) is 0.773. The highest BCUT2D eigenvalue weighted by Gasteiger charge is 2.35. The first kappa shape index (κ1) is 19.1. The van der Waals surface area contributed by atoms with E-state index in [0.29, 0.717) is 10.0 Å². The molecule has 1 aliphatic rings. The second-order valence-electron chi connectivity index (χ2n) is 5.68. The van der Waals surface area contributed by atoms with Crippen molar-refractivity contribution in [2.24, 2.45) is 5.73 Å². The SMILES string of the molecule is CN(Cc1ccc(Cl)c(Cl)c1)C(=O)C1=C(O)C(=O)N(CCC(N)=O)C1. The third-order valence-corrected chi connectivity index (χ3v) is 4.50. The third kappa shape index (κ3) is 4.43. The maximum Gasteiger partial charge on any atom is 0.289 e. The average Bonchev–Trinajstić information content (AvgIpc) is 2.83. The summed E-state index contributed by atoms with van der Waals surface area (Å²) in [6.07, 6.45) is -0.0421. The number of hydrogen-bond donors (Lipinski definition) is 2. The maximum absolute atomic E-state index is 12.5. The van der Waals surface area contributed by atoms with Gasteiger partial charge in [0, 0.05) is 26.6 Å². The Hall–Kier alpha value is -2.25. The van der Waals surface area contributed by atoms with E-state index in [1.165, 1.54) is 9.80 Å². The van der Waals surface area contributed by atoms with Gasteiger partial charge in [0.05, 0.1) is 22.2 Å². The maximum atomic E-state index is 12.5. The Balaban J connectivity index is 2.06. The van der Waals surface area contributed by atoms with Crippen molar-refractivity contribution in [3.05, 3.63) is 45.1 Å². The number of benzene rings is 1. The molecule has 0 bridgehead atoms. The fourth-order valence-electron chi connectivity index (χ4n) is 2.43. The first-order valence-corrected chi connectivity index (χ1v) is 8.15. The van der Waals surface area contributed by atoms with Gasteiger partial charge in [0.2, 0.25) is 5.91 Å². The highest BCUT2D eigenvalue weighted by Crippen LogP contribution is 2.24. The molecule has 1 aliphatic heterocycles. The van der Waals surface area contributed by atoms with E-state index in [2.05, 4.69) is 0 Å². The van der Waals surface area contributed by atoms with Crippen LogP contribution in [-0.2, 0) is 20.9 Å². The van der Waals surface area contributed by atoms with Crippen molar-refractivity contribution in [1.82, 2.24) is 9.80 Å². The number of amides is 3. The molecule has 0 fully saturated rings. The molecule has 134 valence electrons. The number of rotatable bonds is 6. The normalized spacial score (nSPS) is 14.2. The van der Waals surface area contributed by atoms with Gasteiger partial charge in [0.1, 0.15) is 0 Å². The zero-order chi connectivity index (χ0) is 18.7. The fraction of sp³-hybridized carbons (Fsp3) is 0.312. The molecular formula is C16H17Cl2N3O4. The highest BCUT2D eigenvalue weighted by molar-refractivity contribution is 6.42. The van der Waals surface area contributed by atoms with Gasteiger partial charge in [-0.1, -0.05) is 29.3 Å². The van der Waals surface area contributed by atoms with Gasteiger partial charge in [-0.05, 0) is 17.7 Å². The van der Waals surface area contributed by atoms with Crippen LogP contribution in [0.5, 0.6) is 0 Å². The van der Waals surface area contributed by atoms with Gasteiger partial charge in [-0.3, -0.25) is 14.4 Å². The van der Waals surface area contributed by atoms with E-state index in [0.717, 1.165) is 5.56 Å². The molecule has 3 amide bonds. The van der Waals surface area contributed by atoms with E-state index in [9.17, 15) is 19.5 Å². The number of likely N-dealkylation sites (N-methyl/N-ethyl adjacent to an activating group) is 1. The van der Waals surface area contributed by atoms with E-state index in [4.69, 9.17) is 28.9 Å². The van der Waals surface area contributed by atoms with E-state index in [-0.39, 0.29) is 31.6 Å². The molecule has 3 N–H and O–H groups in total. The second-order valence-corrected chi connectivity index (χ2v) is 6.49. The van der Waals surface area contributed by atoms with Crippen LogP contribution in [0.1, 0.15) is 12.0 Å². The van der Waals surface area contributed by atoms with Gasteiger partial charge in [0.25, 0.3) is 11.8 Å². The van der Waals surface area contributed by atoms with Gasteiger partial charge in [-0.2, -0.15) is 0 Å². The fourth-order valence-corrected chi connectivity index (χ4v) is 2.75. The van der Waals surface area contributed by atoms with Crippen LogP contribution in [0.3, 0.4) is 0 Å². The zero-order valence-electron chi connectivity index (χ0n) is 13.5. The molecule has 0 saturated carbocycles. The summed E-state index contributed by atoms with van der Waals surface area (Å²) >= 11 is 11.8. The third-order valence-electron chi connectivity index (χ3n) is 3.76. The predicted octanol–water partition coefficient (Wildman–Crippen LogP) is 1.48. The van der Waals surface area contributed by atoms with E-state index in [1.54, 1.807) is 25.2 Å². The summed E-state index contributed by atoms with van der Waals surface area (Å²) < 4.78 is 0. The zero-order valence-corrected chi connectivity index (χ0v) is 15.0. The summed E-state index contributed by atoms with van der Waals surface area (Å²) in [4.78, 5) is 37.9. The van der Waals surface area contributed by atoms with Crippen LogP contribution >= 0.6 is 23.2 Å². The summed E-state index contributed by atoms with van der Waals surface area (Å²) in [5.74, 6) is -2.34. The van der Waals surface area contributed by atoms with Crippen LogP contribution in [0.15, 0.2) is 29.5 Å². The van der Waals surface area contributed by atoms with Crippen LogP contribution in [0.4, 0.5) is 0 Å². The molecule has 0 aliphatic carbocycles. The van der Waals surface area contributed by atoms with Crippen molar-refractivity contribution in [2.75, 3.05) is 20.1 Å². The van der Waals surface area contributed by atoms with E-state index < -0.39 is 23.5 Å². The summed E-state index contributed by atoms with van der Waals surface area (Å²) in [6.45, 7) is 0.204. The van der Waals surface area contributed by atoms with Gasteiger partial charge in [-0.25, -0.2) is 0 Å². The van der Waals surface area contributed by atoms with Crippen molar-refractivity contribution in [2.45, 2.75) is 13.0 Å². The van der Waals surface area contributed by atoms with Crippen molar-refractivity contribution >= 4 is 40.9 Å². The summed E-state index contributed by atoms with van der Waals surface area (Å²) in [6, 6.07) is 4.99. The summed E-state index contributed by atoms with van der Waals surface area (Å²) in [7, 11) is 1.54. The highest BCUT2D eigenvalue weighted by atomic mass is 35.5. The number of aliphatic hydroxyl groups excluding tert-OH is 1. The lowest BCUT2D eigenvalue weighted by molar-refractivity contribution is -0.128. The number of carbonyl (C=O) groups is 3. The molecule has 0 unspecified atom stereocenters. The van der Waals surface area contributed by atoms with Gasteiger partial charge in [-0.15, -0.1) is 0 Å². The lowest BCUT2D eigenvalue weighted by Crippen LogP contribution is -2.33.